The lowest BCUT2D eigenvalue weighted by atomic mass is 9.96. The lowest BCUT2D eigenvalue weighted by Gasteiger charge is -2.28. The van der Waals surface area contributed by atoms with Crippen LogP contribution in [-0.2, 0) is 11.2 Å². The van der Waals surface area contributed by atoms with Crippen LogP contribution in [0.15, 0.2) is 18.2 Å². The van der Waals surface area contributed by atoms with Crippen molar-refractivity contribution in [2.45, 2.75) is 37.8 Å². The van der Waals surface area contributed by atoms with E-state index in [0.717, 1.165) is 19.3 Å². The summed E-state index contributed by atoms with van der Waals surface area (Å²) < 4.78 is 23.2. The van der Waals surface area contributed by atoms with Gasteiger partial charge in [-0.2, -0.15) is 0 Å². The summed E-state index contributed by atoms with van der Waals surface area (Å²) in [5, 5.41) is 8.94. The first-order chi connectivity index (χ1) is 10.1. The molecule has 0 amide bonds. The molecule has 0 bridgehead atoms. The Morgan fingerprint density at radius 1 is 1.48 bits per heavy atom. The van der Waals surface area contributed by atoms with Crippen molar-refractivity contribution in [1.82, 2.24) is 0 Å². The fraction of sp³-hybridized carbons (Fsp3) is 0.533. The molecule has 1 aliphatic rings. The molecule has 6 heteroatoms. The van der Waals surface area contributed by atoms with E-state index >= 15 is 0 Å². The van der Waals surface area contributed by atoms with Crippen LogP contribution in [0.25, 0.3) is 0 Å². The molecule has 2 rings (SSSR count). The summed E-state index contributed by atoms with van der Waals surface area (Å²) in [6.45, 7) is -0.614. The zero-order valence-electron chi connectivity index (χ0n) is 11.8. The highest BCUT2D eigenvalue weighted by Gasteiger charge is 2.22. The molecule has 0 radical (unpaired) electrons. The third kappa shape index (κ3) is 4.32. The van der Waals surface area contributed by atoms with Gasteiger partial charge in [-0.25, -0.2) is 4.39 Å². The fourth-order valence-corrected chi connectivity index (χ4v) is 2.07. The number of nitrogens with two attached hydrogens (primary N) is 1. The van der Waals surface area contributed by atoms with Crippen LogP contribution in [0, 0.1) is 0 Å². The van der Waals surface area contributed by atoms with Crippen LogP contribution in [0.2, 0.25) is 0 Å². The van der Waals surface area contributed by atoms with Crippen LogP contribution in [0.3, 0.4) is 0 Å². The van der Waals surface area contributed by atoms with E-state index in [2.05, 4.69) is 0 Å². The van der Waals surface area contributed by atoms with E-state index < -0.39 is 18.7 Å². The first-order valence-corrected chi connectivity index (χ1v) is 7.07. The van der Waals surface area contributed by atoms with Crippen LogP contribution in [0.5, 0.6) is 11.5 Å². The molecule has 0 saturated heterocycles. The van der Waals surface area contributed by atoms with E-state index in [9.17, 15) is 9.18 Å². The highest BCUT2D eigenvalue weighted by Crippen LogP contribution is 2.30. The van der Waals surface area contributed by atoms with Gasteiger partial charge in [0.15, 0.2) is 0 Å². The summed E-state index contributed by atoms with van der Waals surface area (Å²) in [6.07, 6.45) is 3.48. The largest absolute Gasteiger partial charge is 0.491 e. The van der Waals surface area contributed by atoms with Crippen molar-refractivity contribution in [1.29, 1.82) is 0 Å². The molecule has 1 aliphatic carbocycles. The normalized spacial score (nSPS) is 16.1. The highest BCUT2D eigenvalue weighted by atomic mass is 19.1. The van der Waals surface area contributed by atoms with E-state index in [1.165, 1.54) is 0 Å². The van der Waals surface area contributed by atoms with Gasteiger partial charge in [-0.1, -0.05) is 0 Å². The summed E-state index contributed by atoms with van der Waals surface area (Å²) in [5.74, 6) is 0.0462. The maximum Gasteiger partial charge on any atom is 0.320 e. The van der Waals surface area contributed by atoms with Crippen molar-refractivity contribution in [3.05, 3.63) is 23.8 Å². The number of benzene rings is 1. The van der Waals surface area contributed by atoms with Gasteiger partial charge in [-0.05, 0) is 43.0 Å². The van der Waals surface area contributed by atoms with Crippen molar-refractivity contribution in [2.24, 2.45) is 5.73 Å². The highest BCUT2D eigenvalue weighted by molar-refractivity contribution is 5.73. The minimum absolute atomic E-state index is 0.0345. The van der Waals surface area contributed by atoms with Crippen molar-refractivity contribution >= 4 is 5.97 Å². The van der Waals surface area contributed by atoms with E-state index in [0.29, 0.717) is 17.1 Å². The quantitative estimate of drug-likeness (QED) is 0.766. The van der Waals surface area contributed by atoms with Crippen LogP contribution in [0.4, 0.5) is 4.39 Å². The van der Waals surface area contributed by atoms with Gasteiger partial charge in [0.1, 0.15) is 30.8 Å². The Labute approximate surface area is 122 Å². The first-order valence-electron chi connectivity index (χ1n) is 7.07. The molecule has 3 N–H and O–H groups in total. The molecule has 1 unspecified atom stereocenters. The van der Waals surface area contributed by atoms with Gasteiger partial charge in [-0.15, -0.1) is 0 Å². The molecule has 1 aromatic rings. The second-order valence-electron chi connectivity index (χ2n) is 5.13. The second-order valence-corrected chi connectivity index (χ2v) is 5.13. The van der Waals surface area contributed by atoms with Crippen LogP contribution in [-0.4, -0.2) is 36.5 Å². The van der Waals surface area contributed by atoms with Gasteiger partial charge in [0.05, 0.1) is 6.10 Å². The topological polar surface area (TPSA) is 81.8 Å². The zero-order chi connectivity index (χ0) is 15.2. The lowest BCUT2D eigenvalue weighted by Crippen LogP contribution is -2.33. The molecule has 0 aliphatic heterocycles. The Kier molecular flexibility index (Phi) is 5.38. The number of alkyl halides is 1. The number of carboxylic acids is 1. The molecule has 21 heavy (non-hydrogen) atoms. The number of aliphatic carboxylic acids is 1. The van der Waals surface area contributed by atoms with Gasteiger partial charge >= 0.3 is 5.97 Å². The molecule has 0 aromatic heterocycles. The molecule has 0 heterocycles. The average molecular weight is 297 g/mol. The smallest absolute Gasteiger partial charge is 0.320 e. The molecule has 0 spiro atoms. The Balaban J connectivity index is 2.14. The Morgan fingerprint density at radius 3 is 2.81 bits per heavy atom. The van der Waals surface area contributed by atoms with Gasteiger partial charge in [0, 0.05) is 6.42 Å². The Bertz CT molecular complexity index is 491. The van der Waals surface area contributed by atoms with Crippen molar-refractivity contribution < 1.29 is 23.8 Å². The predicted molar refractivity (Wildman–Crippen MR) is 75.5 cm³/mol. The molecule has 5 nitrogen and oxygen atoms in total. The molecule has 1 fully saturated rings. The van der Waals surface area contributed by atoms with E-state index in [1.807, 2.05) is 0 Å². The van der Waals surface area contributed by atoms with E-state index in [1.54, 1.807) is 18.2 Å². The standard InChI is InChI=1S/C15H20FNO4/c16-6-7-20-12-4-5-14(21-11-2-1-3-11)10(8-12)9-13(17)15(18)19/h4-5,8,11,13H,1-3,6-7,9,17H2,(H,18,19). The van der Waals surface area contributed by atoms with Gasteiger partial charge in [0.2, 0.25) is 0 Å². The summed E-state index contributed by atoms with van der Waals surface area (Å²) >= 11 is 0. The Hall–Kier alpha value is -1.82. The fourth-order valence-electron chi connectivity index (χ4n) is 2.07. The van der Waals surface area contributed by atoms with Crippen LogP contribution >= 0.6 is 0 Å². The Morgan fingerprint density at radius 2 is 2.24 bits per heavy atom. The van der Waals surface area contributed by atoms with Crippen molar-refractivity contribution in [3.8, 4) is 11.5 Å². The molecule has 1 saturated carbocycles. The number of carboxylic acid groups (broad SMARTS) is 1. The van der Waals surface area contributed by atoms with E-state index in [-0.39, 0.29) is 19.1 Å². The number of rotatable bonds is 8. The number of hydrogen-bond donors (Lipinski definition) is 2. The SMILES string of the molecule is NC(Cc1cc(OCCF)ccc1OC1CCC1)C(=O)O. The number of halogens is 1. The van der Waals surface area contributed by atoms with Gasteiger partial charge in [0.25, 0.3) is 0 Å². The molecule has 1 aromatic carbocycles. The number of ether oxygens (including phenoxy) is 2. The van der Waals surface area contributed by atoms with Crippen molar-refractivity contribution in [3.63, 3.8) is 0 Å². The molecular weight excluding hydrogens is 277 g/mol. The zero-order valence-corrected chi connectivity index (χ0v) is 11.8. The summed E-state index contributed by atoms with van der Waals surface area (Å²) in [7, 11) is 0. The minimum Gasteiger partial charge on any atom is -0.491 e. The lowest BCUT2D eigenvalue weighted by molar-refractivity contribution is -0.138. The molecule has 116 valence electrons. The van der Waals surface area contributed by atoms with Crippen LogP contribution < -0.4 is 15.2 Å². The third-order valence-electron chi connectivity index (χ3n) is 3.48. The van der Waals surface area contributed by atoms with Crippen LogP contribution in [0.1, 0.15) is 24.8 Å². The average Bonchev–Trinajstić information content (AvgIpc) is 2.41. The predicted octanol–water partition coefficient (Wildman–Crippen LogP) is 1.92. The first kappa shape index (κ1) is 15.6. The molecule has 1 atom stereocenters. The summed E-state index contributed by atoms with van der Waals surface area (Å²) in [5.41, 5.74) is 6.26. The number of hydrogen-bond acceptors (Lipinski definition) is 4. The van der Waals surface area contributed by atoms with Crippen molar-refractivity contribution in [2.75, 3.05) is 13.3 Å². The monoisotopic (exact) mass is 297 g/mol. The second kappa shape index (κ2) is 7.26. The maximum atomic E-state index is 12.2. The number of carbonyl (C=O) groups is 1. The van der Waals surface area contributed by atoms with Gasteiger partial charge < -0.3 is 20.3 Å². The maximum absolute atomic E-state index is 12.2. The molecular formula is C15H20FNO4. The third-order valence-corrected chi connectivity index (χ3v) is 3.48. The van der Waals surface area contributed by atoms with Gasteiger partial charge in [-0.3, -0.25) is 4.79 Å². The summed E-state index contributed by atoms with van der Waals surface area (Å²) in [6, 6.07) is 4.09. The minimum atomic E-state index is -1.07. The summed E-state index contributed by atoms with van der Waals surface area (Å²) in [4.78, 5) is 10.9. The van der Waals surface area contributed by atoms with E-state index in [4.69, 9.17) is 20.3 Å².